The van der Waals surface area contributed by atoms with Crippen molar-refractivity contribution in [1.29, 1.82) is 0 Å². The lowest BCUT2D eigenvalue weighted by molar-refractivity contribution is -0.136. The molecule has 6 nitrogen and oxygen atoms in total. The number of esters is 1. The van der Waals surface area contributed by atoms with E-state index < -0.39 is 23.3 Å². The van der Waals surface area contributed by atoms with Gasteiger partial charge in [0.2, 0.25) is 11.5 Å². The number of aliphatic hydroxyl groups excluding tert-OH is 1. The van der Waals surface area contributed by atoms with Crippen LogP contribution in [-0.2, 0) is 14.3 Å². The van der Waals surface area contributed by atoms with E-state index in [0.29, 0.717) is 0 Å². The lowest BCUT2D eigenvalue weighted by Gasteiger charge is -1.92. The Morgan fingerprint density at radius 2 is 2.18 bits per heavy atom. The zero-order chi connectivity index (χ0) is 8.43. The summed E-state index contributed by atoms with van der Waals surface area (Å²) in [5, 5.41) is 14.8. The minimum Gasteiger partial charge on any atom is -0.501 e. The molecule has 11 heavy (non-hydrogen) atoms. The number of amides is 1. The van der Waals surface area contributed by atoms with Crippen LogP contribution >= 0.6 is 0 Å². The van der Waals surface area contributed by atoms with Gasteiger partial charge in [-0.25, -0.2) is 4.79 Å². The van der Waals surface area contributed by atoms with E-state index in [-0.39, 0.29) is 0 Å². The summed E-state index contributed by atoms with van der Waals surface area (Å²) in [6, 6.07) is 0. The lowest BCUT2D eigenvalue weighted by Crippen LogP contribution is -2.05. The molecular weight excluding hydrogens is 152 g/mol. The predicted molar refractivity (Wildman–Crippen MR) is 31.5 cm³/mol. The highest BCUT2D eigenvalue weighted by Gasteiger charge is 2.26. The fraction of sp³-hybridized carbons (Fsp3) is 0.200. The number of carbonyl (C=O) groups excluding carboxylic acids is 2. The molecule has 0 aromatic rings. The van der Waals surface area contributed by atoms with E-state index in [4.69, 9.17) is 5.11 Å². The van der Waals surface area contributed by atoms with E-state index >= 15 is 0 Å². The van der Waals surface area contributed by atoms with Crippen molar-refractivity contribution in [3.05, 3.63) is 11.5 Å². The Kier molecular flexibility index (Phi) is 1.67. The molecule has 0 fully saturated rings. The Hall–Kier alpha value is -1.72. The number of ether oxygens (including phenoxy) is 1. The molecule has 0 aromatic carbocycles. The van der Waals surface area contributed by atoms with Gasteiger partial charge in [0.1, 0.15) is 0 Å². The largest absolute Gasteiger partial charge is 0.501 e. The summed E-state index contributed by atoms with van der Waals surface area (Å²) in [6.07, 6.45) is 0. The first-order valence-electron chi connectivity index (χ1n) is 2.64. The smallest absolute Gasteiger partial charge is 0.362 e. The molecule has 1 aliphatic rings. The highest BCUT2D eigenvalue weighted by atomic mass is 16.5. The van der Waals surface area contributed by atoms with Gasteiger partial charge in [0.25, 0.3) is 0 Å². The molecule has 58 valence electrons. The van der Waals surface area contributed by atoms with Crippen LogP contribution in [0.1, 0.15) is 0 Å². The molecule has 0 radical (unpaired) electrons. The van der Waals surface area contributed by atoms with Gasteiger partial charge >= 0.3 is 11.9 Å². The molecule has 0 atom stereocenters. The Balaban J connectivity index is 2.97. The van der Waals surface area contributed by atoms with Crippen molar-refractivity contribution in [1.82, 2.24) is 0 Å². The molecule has 0 spiro atoms. The fourth-order valence-electron chi connectivity index (χ4n) is 0.526. The van der Waals surface area contributed by atoms with Crippen molar-refractivity contribution in [3.63, 3.8) is 0 Å². The van der Waals surface area contributed by atoms with Gasteiger partial charge in [0.15, 0.2) is 0 Å². The van der Waals surface area contributed by atoms with Gasteiger partial charge in [-0.3, -0.25) is 4.79 Å². The molecule has 0 saturated heterocycles. The Bertz CT molecular complexity index is 278. The van der Waals surface area contributed by atoms with Crippen LogP contribution in [0.4, 0.5) is 0 Å². The van der Waals surface area contributed by atoms with Gasteiger partial charge in [0, 0.05) is 0 Å². The summed E-state index contributed by atoms with van der Waals surface area (Å²) in [5.41, 5.74) is -0.447. The second kappa shape index (κ2) is 2.49. The van der Waals surface area contributed by atoms with Crippen molar-refractivity contribution in [2.24, 2.45) is 10.2 Å². The van der Waals surface area contributed by atoms with Crippen LogP contribution in [0.25, 0.3) is 0 Å². The number of aliphatic hydroxyl groups is 1. The second-order valence-electron chi connectivity index (χ2n) is 1.69. The molecule has 0 aliphatic carbocycles. The van der Waals surface area contributed by atoms with Gasteiger partial charge in [-0.15, -0.1) is 10.2 Å². The van der Waals surface area contributed by atoms with E-state index in [9.17, 15) is 9.59 Å². The quantitative estimate of drug-likeness (QED) is 0.538. The van der Waals surface area contributed by atoms with Crippen LogP contribution in [0.2, 0.25) is 0 Å². The van der Waals surface area contributed by atoms with E-state index in [0.717, 1.165) is 7.11 Å². The second-order valence-corrected chi connectivity index (χ2v) is 1.69. The number of azo groups is 1. The van der Waals surface area contributed by atoms with Crippen LogP contribution in [-0.4, -0.2) is 24.1 Å². The van der Waals surface area contributed by atoms with Gasteiger partial charge in [-0.05, 0) is 0 Å². The van der Waals surface area contributed by atoms with Crippen molar-refractivity contribution >= 4 is 11.9 Å². The van der Waals surface area contributed by atoms with Gasteiger partial charge in [-0.2, -0.15) is 0 Å². The van der Waals surface area contributed by atoms with Crippen molar-refractivity contribution in [2.45, 2.75) is 0 Å². The van der Waals surface area contributed by atoms with Crippen molar-refractivity contribution in [2.75, 3.05) is 7.11 Å². The van der Waals surface area contributed by atoms with Crippen LogP contribution in [0.5, 0.6) is 0 Å². The standard InChI is InChI=1S/C5H4N2O4/c1-11-5(10)2-3(8)4(9)7-6-2/h1H3,(H,7,8,9). The molecular formula is C5H4N2O4. The third kappa shape index (κ3) is 1.09. The number of carbonyl (C=O) groups is 2. The van der Waals surface area contributed by atoms with Gasteiger partial charge in [0.05, 0.1) is 7.11 Å². The molecule has 0 saturated carbocycles. The van der Waals surface area contributed by atoms with Gasteiger partial charge in [-0.1, -0.05) is 0 Å². The zero-order valence-corrected chi connectivity index (χ0v) is 5.57. The maximum Gasteiger partial charge on any atom is 0.362 e. The van der Waals surface area contributed by atoms with E-state index in [1.807, 2.05) is 0 Å². The average molecular weight is 156 g/mol. The molecule has 0 bridgehead atoms. The van der Waals surface area contributed by atoms with Crippen molar-refractivity contribution < 1.29 is 19.4 Å². The molecule has 1 aliphatic heterocycles. The lowest BCUT2D eigenvalue weighted by atomic mass is 10.4. The molecule has 1 amide bonds. The summed E-state index contributed by atoms with van der Waals surface area (Å²) >= 11 is 0. The van der Waals surface area contributed by atoms with Crippen LogP contribution in [0.3, 0.4) is 0 Å². The summed E-state index contributed by atoms with van der Waals surface area (Å²) in [5.74, 6) is -2.57. The molecule has 1 heterocycles. The molecule has 1 rings (SSSR count). The first-order chi connectivity index (χ1) is 5.16. The summed E-state index contributed by atoms with van der Waals surface area (Å²) < 4.78 is 4.19. The Morgan fingerprint density at radius 3 is 2.55 bits per heavy atom. The molecule has 0 aromatic heterocycles. The topological polar surface area (TPSA) is 88.3 Å². The SMILES string of the molecule is COC(=O)C1=C(O)C(=O)N=N1. The average Bonchev–Trinajstić information content (AvgIpc) is 2.32. The van der Waals surface area contributed by atoms with Crippen molar-refractivity contribution in [3.8, 4) is 0 Å². The number of hydrogen-bond acceptors (Lipinski definition) is 5. The van der Waals surface area contributed by atoms with Crippen LogP contribution < -0.4 is 0 Å². The molecule has 0 unspecified atom stereocenters. The molecule has 1 N–H and O–H groups in total. The van der Waals surface area contributed by atoms with Crippen LogP contribution in [0.15, 0.2) is 21.7 Å². The summed E-state index contributed by atoms with van der Waals surface area (Å²) in [6.45, 7) is 0. The third-order valence-corrected chi connectivity index (χ3v) is 1.05. The Labute approximate surface area is 61.2 Å². The maximum atomic E-state index is 10.6. The highest BCUT2D eigenvalue weighted by Crippen LogP contribution is 2.14. The van der Waals surface area contributed by atoms with E-state index in [2.05, 4.69) is 15.0 Å². The first kappa shape index (κ1) is 7.39. The zero-order valence-electron chi connectivity index (χ0n) is 5.57. The molecule has 6 heteroatoms. The number of rotatable bonds is 1. The Morgan fingerprint density at radius 1 is 1.55 bits per heavy atom. The summed E-state index contributed by atoms with van der Waals surface area (Å²) in [4.78, 5) is 21.1. The van der Waals surface area contributed by atoms with Crippen LogP contribution in [0, 0.1) is 0 Å². The number of nitrogens with zero attached hydrogens (tertiary/aromatic N) is 2. The monoisotopic (exact) mass is 156 g/mol. The minimum atomic E-state index is -0.926. The highest BCUT2D eigenvalue weighted by molar-refractivity contribution is 6.03. The van der Waals surface area contributed by atoms with E-state index in [1.54, 1.807) is 0 Å². The first-order valence-corrected chi connectivity index (χ1v) is 2.64. The minimum absolute atomic E-state index is 0.447. The predicted octanol–water partition coefficient (Wildman–Crippen LogP) is -0.0786. The maximum absolute atomic E-state index is 10.6. The number of hydrogen-bond donors (Lipinski definition) is 1. The number of methoxy groups -OCH3 is 1. The van der Waals surface area contributed by atoms with Gasteiger partial charge < -0.3 is 9.84 Å². The fourth-order valence-corrected chi connectivity index (χ4v) is 0.526. The van der Waals surface area contributed by atoms with E-state index in [1.165, 1.54) is 0 Å². The summed E-state index contributed by atoms with van der Waals surface area (Å²) in [7, 11) is 1.11. The third-order valence-electron chi connectivity index (χ3n) is 1.05. The normalized spacial score (nSPS) is 15.9.